The van der Waals surface area contributed by atoms with E-state index in [0.29, 0.717) is 11.9 Å². The molecular weight excluding hydrogens is 324 g/mol. The number of fused-ring (bicyclic) bond motifs is 3. The molecule has 1 aromatic carbocycles. The lowest BCUT2D eigenvalue weighted by Crippen LogP contribution is -2.50. The molecule has 5 heteroatoms. The molecule has 2 atom stereocenters. The van der Waals surface area contributed by atoms with Crippen LogP contribution in [-0.4, -0.2) is 32.8 Å². The van der Waals surface area contributed by atoms with Crippen molar-refractivity contribution in [2.75, 3.05) is 13.1 Å². The molecule has 5 heterocycles. The zero-order valence-electron chi connectivity index (χ0n) is 15.0. The van der Waals surface area contributed by atoms with Crippen molar-refractivity contribution < 1.29 is 4.42 Å². The molecule has 0 unspecified atom stereocenters. The summed E-state index contributed by atoms with van der Waals surface area (Å²) in [5.74, 6) is 0.627. The van der Waals surface area contributed by atoms with Crippen LogP contribution in [0.4, 0.5) is 0 Å². The van der Waals surface area contributed by atoms with Crippen molar-refractivity contribution in [1.82, 2.24) is 19.7 Å². The molecule has 3 aliphatic heterocycles. The number of benzene rings is 1. The van der Waals surface area contributed by atoms with Gasteiger partial charge in [0.2, 0.25) is 6.39 Å². The molecule has 1 saturated heterocycles. The maximum absolute atomic E-state index is 5.68. The quantitative estimate of drug-likeness (QED) is 0.703. The van der Waals surface area contributed by atoms with Crippen molar-refractivity contribution in [3.63, 3.8) is 0 Å². The molecule has 6 rings (SSSR count). The fourth-order valence-electron chi connectivity index (χ4n) is 5.72. The Morgan fingerprint density at radius 3 is 3.04 bits per heavy atom. The van der Waals surface area contributed by atoms with Crippen molar-refractivity contribution in [2.45, 2.75) is 38.6 Å². The topological polar surface area (TPSA) is 47.1 Å². The van der Waals surface area contributed by atoms with E-state index < -0.39 is 0 Å². The summed E-state index contributed by atoms with van der Waals surface area (Å²) < 4.78 is 8.09. The Labute approximate surface area is 152 Å². The van der Waals surface area contributed by atoms with Crippen molar-refractivity contribution in [3.8, 4) is 0 Å². The van der Waals surface area contributed by atoms with E-state index in [-0.39, 0.29) is 5.41 Å². The predicted molar refractivity (Wildman–Crippen MR) is 99.6 cm³/mol. The molecule has 0 amide bonds. The average Bonchev–Trinajstić information content (AvgIpc) is 3.33. The molecule has 3 aliphatic rings. The highest BCUT2D eigenvalue weighted by Crippen LogP contribution is 2.57. The first-order valence-electron chi connectivity index (χ1n) is 9.68. The summed E-state index contributed by atoms with van der Waals surface area (Å²) in [6.07, 6.45) is 8.62. The van der Waals surface area contributed by atoms with Crippen molar-refractivity contribution in [3.05, 3.63) is 53.9 Å². The predicted octanol–water partition coefficient (Wildman–Crippen LogP) is 4.02. The lowest BCUT2D eigenvalue weighted by Gasteiger charge is -2.53. The standard InChI is InChI=1S/C21H22N4O/c1-2-21-9-5-10-24-11-8-15-14-6-3-4-7-16(14)25(18(15)19(21)24)17(12-21)20-23-22-13-26-20/h3-4,6-7,12-13,19H,2,5,8-11H2,1H3/t19-,21+/m1/s1. The molecule has 0 bridgehead atoms. The van der Waals surface area contributed by atoms with Gasteiger partial charge in [0, 0.05) is 23.0 Å². The van der Waals surface area contributed by atoms with Gasteiger partial charge in [0.15, 0.2) is 0 Å². The van der Waals surface area contributed by atoms with Crippen molar-refractivity contribution in [1.29, 1.82) is 0 Å². The van der Waals surface area contributed by atoms with Crippen LogP contribution in [0.5, 0.6) is 0 Å². The third kappa shape index (κ3) is 1.69. The van der Waals surface area contributed by atoms with Crippen molar-refractivity contribution >= 4 is 16.6 Å². The highest BCUT2D eigenvalue weighted by molar-refractivity contribution is 5.91. The first kappa shape index (κ1) is 14.7. The van der Waals surface area contributed by atoms with Crippen LogP contribution in [0.1, 0.15) is 49.4 Å². The normalized spacial score (nSPS) is 27.4. The Balaban J connectivity index is 1.75. The number of hydrogen-bond donors (Lipinski definition) is 0. The van der Waals surface area contributed by atoms with Gasteiger partial charge in [0.25, 0.3) is 5.89 Å². The first-order valence-corrected chi connectivity index (χ1v) is 9.68. The molecular formula is C21H22N4O. The SMILES string of the molecule is CC[C@@]12C=C(c3nnco3)n3c4c(c5ccccc53)CCN(CCC1)[C@H]42. The molecule has 0 aliphatic carbocycles. The van der Waals surface area contributed by atoms with Gasteiger partial charge < -0.3 is 8.98 Å². The smallest absolute Gasteiger partial charge is 0.264 e. The van der Waals surface area contributed by atoms with E-state index in [1.165, 1.54) is 47.9 Å². The second-order valence-corrected chi connectivity index (χ2v) is 7.87. The highest BCUT2D eigenvalue weighted by Gasteiger charge is 2.50. The Bertz CT molecular complexity index is 1030. The van der Waals surface area contributed by atoms with Gasteiger partial charge in [0.1, 0.15) is 5.70 Å². The van der Waals surface area contributed by atoms with Gasteiger partial charge in [-0.1, -0.05) is 25.1 Å². The number of hydrogen-bond acceptors (Lipinski definition) is 4. The number of nitrogens with zero attached hydrogens (tertiary/aromatic N) is 4. The Morgan fingerprint density at radius 2 is 2.19 bits per heavy atom. The second kappa shape index (κ2) is 5.07. The van der Waals surface area contributed by atoms with E-state index in [1.54, 1.807) is 0 Å². The molecule has 5 nitrogen and oxygen atoms in total. The summed E-state index contributed by atoms with van der Waals surface area (Å²) >= 11 is 0. The van der Waals surface area contributed by atoms with E-state index in [0.717, 1.165) is 25.1 Å². The largest absolute Gasteiger partial charge is 0.422 e. The van der Waals surface area contributed by atoms with Gasteiger partial charge in [-0.3, -0.25) is 4.90 Å². The maximum atomic E-state index is 5.68. The van der Waals surface area contributed by atoms with E-state index in [1.807, 2.05) is 0 Å². The van der Waals surface area contributed by atoms with Crippen LogP contribution in [0.25, 0.3) is 16.6 Å². The van der Waals surface area contributed by atoms with Crippen LogP contribution in [0.15, 0.2) is 41.2 Å². The van der Waals surface area contributed by atoms with Crippen LogP contribution in [0, 0.1) is 5.41 Å². The molecule has 0 N–H and O–H groups in total. The Morgan fingerprint density at radius 1 is 1.27 bits per heavy atom. The van der Waals surface area contributed by atoms with Crippen LogP contribution in [0.2, 0.25) is 0 Å². The third-order valence-electron chi connectivity index (χ3n) is 6.83. The molecule has 0 radical (unpaired) electrons. The number of rotatable bonds is 2. The van der Waals surface area contributed by atoms with Crippen LogP contribution >= 0.6 is 0 Å². The number of para-hydroxylation sites is 1. The Kier molecular flexibility index (Phi) is 2.87. The van der Waals surface area contributed by atoms with Gasteiger partial charge in [-0.25, -0.2) is 0 Å². The summed E-state index contributed by atoms with van der Waals surface area (Å²) in [6, 6.07) is 9.24. The number of aromatic nitrogens is 3. The molecule has 2 aromatic heterocycles. The monoisotopic (exact) mass is 346 g/mol. The van der Waals surface area contributed by atoms with E-state index in [4.69, 9.17) is 4.42 Å². The summed E-state index contributed by atoms with van der Waals surface area (Å²) in [7, 11) is 0. The van der Waals surface area contributed by atoms with Gasteiger partial charge in [-0.05, 0) is 49.9 Å². The molecule has 1 fully saturated rings. The minimum Gasteiger partial charge on any atom is -0.422 e. The van der Waals surface area contributed by atoms with Gasteiger partial charge in [-0.15, -0.1) is 10.2 Å². The maximum Gasteiger partial charge on any atom is 0.264 e. The van der Waals surface area contributed by atoms with Gasteiger partial charge in [-0.2, -0.15) is 0 Å². The zero-order valence-corrected chi connectivity index (χ0v) is 15.0. The van der Waals surface area contributed by atoms with E-state index in [9.17, 15) is 0 Å². The van der Waals surface area contributed by atoms with Crippen LogP contribution in [-0.2, 0) is 6.42 Å². The summed E-state index contributed by atoms with van der Waals surface area (Å²) in [5, 5.41) is 9.61. The highest BCUT2D eigenvalue weighted by atomic mass is 16.4. The first-order chi connectivity index (χ1) is 12.8. The fourth-order valence-corrected chi connectivity index (χ4v) is 5.72. The van der Waals surface area contributed by atoms with Gasteiger partial charge >= 0.3 is 0 Å². The molecule has 3 aromatic rings. The van der Waals surface area contributed by atoms with E-state index in [2.05, 4.69) is 56.9 Å². The van der Waals surface area contributed by atoms with Gasteiger partial charge in [0.05, 0.1) is 11.6 Å². The number of piperidine rings is 1. The minimum atomic E-state index is 0.154. The Hall–Kier alpha value is -2.40. The summed E-state index contributed by atoms with van der Waals surface area (Å²) in [6.45, 7) is 4.70. The zero-order chi connectivity index (χ0) is 17.3. The fraction of sp³-hybridized carbons (Fsp3) is 0.429. The second-order valence-electron chi connectivity index (χ2n) is 7.87. The minimum absolute atomic E-state index is 0.154. The van der Waals surface area contributed by atoms with Crippen molar-refractivity contribution in [2.24, 2.45) is 5.41 Å². The van der Waals surface area contributed by atoms with E-state index >= 15 is 0 Å². The molecule has 0 saturated carbocycles. The third-order valence-corrected chi connectivity index (χ3v) is 6.83. The van der Waals surface area contributed by atoms with Crippen LogP contribution in [0.3, 0.4) is 0 Å². The molecule has 26 heavy (non-hydrogen) atoms. The summed E-state index contributed by atoms with van der Waals surface area (Å²) in [4.78, 5) is 2.71. The van der Waals surface area contributed by atoms with Crippen LogP contribution < -0.4 is 0 Å². The summed E-state index contributed by atoms with van der Waals surface area (Å²) in [5.41, 5.74) is 5.48. The average molecular weight is 346 g/mol. The molecule has 0 spiro atoms. The lowest BCUT2D eigenvalue weighted by atomic mass is 9.66. The lowest BCUT2D eigenvalue weighted by molar-refractivity contribution is 0.0269. The molecule has 132 valence electrons.